The number of carbonyl (C=O) groups excluding carboxylic acids is 1. The molecule has 1 aromatic rings. The molecule has 0 amide bonds. The molecule has 3 nitrogen and oxygen atoms in total. The standard InChI is InChI=1S/C13H15FO3/c1-4-17-13(15)12(14)9(2)10-5-7-11(16-3)8-6-10/h5-8H,4H2,1-3H3/b12-9+. The number of rotatable bonds is 4. The summed E-state index contributed by atoms with van der Waals surface area (Å²) in [7, 11) is 1.55. The Morgan fingerprint density at radius 3 is 2.35 bits per heavy atom. The van der Waals surface area contributed by atoms with Crippen LogP contribution in [0.4, 0.5) is 4.39 Å². The summed E-state index contributed by atoms with van der Waals surface area (Å²) in [4.78, 5) is 11.2. The number of carbonyl (C=O) groups is 1. The van der Waals surface area contributed by atoms with Crippen molar-refractivity contribution in [2.24, 2.45) is 0 Å². The number of esters is 1. The van der Waals surface area contributed by atoms with Crippen LogP contribution in [0.15, 0.2) is 30.1 Å². The van der Waals surface area contributed by atoms with Crippen LogP contribution in [-0.4, -0.2) is 19.7 Å². The molecule has 0 unspecified atom stereocenters. The lowest BCUT2D eigenvalue weighted by atomic mass is 10.1. The molecule has 0 radical (unpaired) electrons. The van der Waals surface area contributed by atoms with Gasteiger partial charge in [-0.3, -0.25) is 0 Å². The van der Waals surface area contributed by atoms with E-state index in [2.05, 4.69) is 4.74 Å². The monoisotopic (exact) mass is 238 g/mol. The lowest BCUT2D eigenvalue weighted by molar-refractivity contribution is -0.140. The molecule has 92 valence electrons. The number of ether oxygens (including phenoxy) is 2. The lowest BCUT2D eigenvalue weighted by Gasteiger charge is -2.05. The van der Waals surface area contributed by atoms with Crippen molar-refractivity contribution in [3.63, 3.8) is 0 Å². The Balaban J connectivity index is 2.97. The predicted octanol–water partition coefficient (Wildman–Crippen LogP) is 2.96. The van der Waals surface area contributed by atoms with Crippen LogP contribution in [0, 0.1) is 0 Å². The highest BCUT2D eigenvalue weighted by molar-refractivity contribution is 5.94. The topological polar surface area (TPSA) is 35.5 Å². The Bertz CT molecular complexity index is 421. The van der Waals surface area contributed by atoms with E-state index in [1.807, 2.05) is 0 Å². The third-order valence-corrected chi connectivity index (χ3v) is 2.31. The van der Waals surface area contributed by atoms with E-state index in [1.54, 1.807) is 38.3 Å². The summed E-state index contributed by atoms with van der Waals surface area (Å²) in [5, 5.41) is 0. The molecule has 0 atom stereocenters. The van der Waals surface area contributed by atoms with Crippen molar-refractivity contribution in [3.05, 3.63) is 35.7 Å². The fourth-order valence-electron chi connectivity index (χ4n) is 1.32. The van der Waals surface area contributed by atoms with Crippen LogP contribution in [0.25, 0.3) is 5.57 Å². The lowest BCUT2D eigenvalue weighted by Crippen LogP contribution is -2.05. The Morgan fingerprint density at radius 2 is 1.88 bits per heavy atom. The van der Waals surface area contributed by atoms with Gasteiger partial charge in [0.05, 0.1) is 13.7 Å². The zero-order valence-corrected chi connectivity index (χ0v) is 10.1. The van der Waals surface area contributed by atoms with Crippen molar-refractivity contribution in [1.29, 1.82) is 0 Å². The fraction of sp³-hybridized carbons (Fsp3) is 0.308. The van der Waals surface area contributed by atoms with E-state index in [0.29, 0.717) is 11.3 Å². The second-order valence-corrected chi connectivity index (χ2v) is 3.39. The molecule has 0 spiro atoms. The summed E-state index contributed by atoms with van der Waals surface area (Å²) in [5.41, 5.74) is 0.877. The molecular formula is C13H15FO3. The highest BCUT2D eigenvalue weighted by Gasteiger charge is 2.14. The van der Waals surface area contributed by atoms with Gasteiger partial charge in [0, 0.05) is 0 Å². The number of methoxy groups -OCH3 is 1. The normalized spacial score (nSPS) is 11.8. The second-order valence-electron chi connectivity index (χ2n) is 3.39. The molecular weight excluding hydrogens is 223 g/mol. The van der Waals surface area contributed by atoms with E-state index < -0.39 is 11.8 Å². The molecule has 0 heterocycles. The fourth-order valence-corrected chi connectivity index (χ4v) is 1.32. The number of allylic oxidation sites excluding steroid dienone is 1. The van der Waals surface area contributed by atoms with Gasteiger partial charge in [-0.2, -0.15) is 4.39 Å². The molecule has 0 saturated carbocycles. The number of hydrogen-bond donors (Lipinski definition) is 0. The average Bonchev–Trinajstić information content (AvgIpc) is 2.37. The number of benzene rings is 1. The van der Waals surface area contributed by atoms with E-state index in [-0.39, 0.29) is 12.2 Å². The Hall–Kier alpha value is -1.84. The summed E-state index contributed by atoms with van der Waals surface area (Å²) in [5.74, 6) is -1.11. The Morgan fingerprint density at radius 1 is 1.29 bits per heavy atom. The van der Waals surface area contributed by atoms with Gasteiger partial charge in [-0.25, -0.2) is 4.79 Å². The van der Waals surface area contributed by atoms with Crippen molar-refractivity contribution in [1.82, 2.24) is 0 Å². The summed E-state index contributed by atoms with van der Waals surface area (Å²) in [6.45, 7) is 3.32. The van der Waals surface area contributed by atoms with Crippen molar-refractivity contribution < 1.29 is 18.7 Å². The first kappa shape index (κ1) is 13.2. The zero-order valence-electron chi connectivity index (χ0n) is 10.1. The van der Waals surface area contributed by atoms with Crippen molar-refractivity contribution in [2.45, 2.75) is 13.8 Å². The van der Waals surface area contributed by atoms with Gasteiger partial charge in [0.25, 0.3) is 0 Å². The van der Waals surface area contributed by atoms with Gasteiger partial charge < -0.3 is 9.47 Å². The van der Waals surface area contributed by atoms with Gasteiger partial charge in [-0.05, 0) is 37.1 Å². The smallest absolute Gasteiger partial charge is 0.367 e. The first-order valence-corrected chi connectivity index (χ1v) is 5.28. The van der Waals surface area contributed by atoms with E-state index in [4.69, 9.17) is 4.74 Å². The molecule has 0 aliphatic rings. The minimum Gasteiger partial charge on any atom is -0.497 e. The molecule has 17 heavy (non-hydrogen) atoms. The first-order valence-electron chi connectivity index (χ1n) is 5.28. The van der Waals surface area contributed by atoms with Crippen molar-refractivity contribution in [2.75, 3.05) is 13.7 Å². The molecule has 0 aromatic heterocycles. The third kappa shape index (κ3) is 3.31. The van der Waals surface area contributed by atoms with E-state index in [1.165, 1.54) is 6.92 Å². The summed E-state index contributed by atoms with van der Waals surface area (Å²) >= 11 is 0. The zero-order chi connectivity index (χ0) is 12.8. The van der Waals surface area contributed by atoms with Crippen LogP contribution in [0.3, 0.4) is 0 Å². The van der Waals surface area contributed by atoms with Crippen LogP contribution in [0.1, 0.15) is 19.4 Å². The SMILES string of the molecule is CCOC(=O)/C(F)=C(/C)c1ccc(OC)cc1. The van der Waals surface area contributed by atoms with E-state index >= 15 is 0 Å². The molecule has 0 N–H and O–H groups in total. The van der Waals surface area contributed by atoms with E-state index in [9.17, 15) is 9.18 Å². The highest BCUT2D eigenvalue weighted by Crippen LogP contribution is 2.22. The van der Waals surface area contributed by atoms with Crippen LogP contribution >= 0.6 is 0 Å². The Labute approximate surface area is 99.9 Å². The third-order valence-electron chi connectivity index (χ3n) is 2.31. The predicted molar refractivity (Wildman–Crippen MR) is 63.3 cm³/mol. The molecule has 0 bridgehead atoms. The largest absolute Gasteiger partial charge is 0.497 e. The maximum atomic E-state index is 13.6. The Kier molecular flexibility index (Phi) is 4.69. The van der Waals surface area contributed by atoms with Crippen LogP contribution in [-0.2, 0) is 9.53 Å². The molecule has 0 aliphatic carbocycles. The summed E-state index contributed by atoms with van der Waals surface area (Å²) < 4.78 is 23.2. The molecule has 4 heteroatoms. The molecule has 1 rings (SSSR count). The van der Waals surface area contributed by atoms with E-state index in [0.717, 1.165) is 0 Å². The molecule has 0 aliphatic heterocycles. The molecule has 0 saturated heterocycles. The second kappa shape index (κ2) is 6.03. The van der Waals surface area contributed by atoms with Crippen molar-refractivity contribution >= 4 is 11.5 Å². The van der Waals surface area contributed by atoms with Gasteiger partial charge in [-0.15, -0.1) is 0 Å². The quantitative estimate of drug-likeness (QED) is 0.597. The van der Waals surface area contributed by atoms with Gasteiger partial charge in [0.1, 0.15) is 5.75 Å². The van der Waals surface area contributed by atoms with Gasteiger partial charge in [0.15, 0.2) is 0 Å². The minimum absolute atomic E-state index is 0.155. The van der Waals surface area contributed by atoms with Crippen LogP contribution < -0.4 is 4.74 Å². The maximum absolute atomic E-state index is 13.6. The summed E-state index contributed by atoms with van der Waals surface area (Å²) in [6.07, 6.45) is 0. The number of hydrogen-bond acceptors (Lipinski definition) is 3. The molecule has 0 fully saturated rings. The van der Waals surface area contributed by atoms with Gasteiger partial charge >= 0.3 is 5.97 Å². The summed E-state index contributed by atoms with van der Waals surface area (Å²) in [6, 6.07) is 6.79. The van der Waals surface area contributed by atoms with Gasteiger partial charge in [0.2, 0.25) is 5.83 Å². The minimum atomic E-state index is -0.930. The van der Waals surface area contributed by atoms with Crippen LogP contribution in [0.2, 0.25) is 0 Å². The average molecular weight is 238 g/mol. The highest BCUT2D eigenvalue weighted by atomic mass is 19.1. The van der Waals surface area contributed by atoms with Gasteiger partial charge in [-0.1, -0.05) is 12.1 Å². The van der Waals surface area contributed by atoms with Crippen molar-refractivity contribution in [3.8, 4) is 5.75 Å². The number of halogens is 1. The van der Waals surface area contributed by atoms with Crippen LogP contribution in [0.5, 0.6) is 5.75 Å². The first-order chi connectivity index (χ1) is 8.10. The maximum Gasteiger partial charge on any atom is 0.367 e. The molecule has 1 aromatic carbocycles.